The van der Waals surface area contributed by atoms with Crippen molar-refractivity contribution in [2.45, 2.75) is 6.92 Å². The second-order valence-electron chi connectivity index (χ2n) is 4.04. The number of nitrogens with zero attached hydrogens (tertiary/aromatic N) is 1. The Morgan fingerprint density at radius 2 is 1.56 bits per heavy atom. The third-order valence-electron chi connectivity index (χ3n) is 2.71. The predicted molar refractivity (Wildman–Crippen MR) is 72.7 cm³/mol. The summed E-state index contributed by atoms with van der Waals surface area (Å²) in [7, 11) is 0. The van der Waals surface area contributed by atoms with E-state index in [0.717, 1.165) is 11.1 Å². The number of benzene rings is 2. The molecular formula is C15H14N2O. The van der Waals surface area contributed by atoms with Crippen molar-refractivity contribution in [3.63, 3.8) is 0 Å². The van der Waals surface area contributed by atoms with E-state index in [-0.39, 0.29) is 11.5 Å². The van der Waals surface area contributed by atoms with Crippen molar-refractivity contribution in [1.29, 1.82) is 0 Å². The van der Waals surface area contributed by atoms with Crippen LogP contribution >= 0.6 is 0 Å². The topological polar surface area (TPSA) is 55.4 Å². The summed E-state index contributed by atoms with van der Waals surface area (Å²) in [5.41, 5.74) is 2.72. The van der Waals surface area contributed by atoms with E-state index in [1.807, 2.05) is 49.4 Å². The second kappa shape index (κ2) is 5.27. The number of nitrogens with two attached hydrogens (primary N) is 1. The van der Waals surface area contributed by atoms with E-state index < -0.39 is 0 Å². The quantitative estimate of drug-likeness (QED) is 0.386. The number of ketones is 1. The fourth-order valence-electron chi connectivity index (χ4n) is 1.70. The maximum absolute atomic E-state index is 12.3. The molecule has 3 heteroatoms. The van der Waals surface area contributed by atoms with Crippen molar-refractivity contribution in [2.75, 3.05) is 0 Å². The number of Topliss-reactive ketones (excluding diaryl/α,β-unsaturated/α-hetero) is 1. The van der Waals surface area contributed by atoms with Crippen LogP contribution in [0.1, 0.15) is 21.5 Å². The molecule has 0 saturated heterocycles. The molecule has 2 aromatic carbocycles. The largest absolute Gasteiger partial charge is 0.323 e. The number of hydrogen-bond acceptors (Lipinski definition) is 3. The van der Waals surface area contributed by atoms with Crippen LogP contribution in [0.4, 0.5) is 0 Å². The highest BCUT2D eigenvalue weighted by Crippen LogP contribution is 2.09. The third-order valence-corrected chi connectivity index (χ3v) is 2.71. The van der Waals surface area contributed by atoms with E-state index in [2.05, 4.69) is 5.10 Å². The van der Waals surface area contributed by atoms with Gasteiger partial charge in [0.1, 0.15) is 5.71 Å². The monoisotopic (exact) mass is 238 g/mol. The van der Waals surface area contributed by atoms with E-state index in [9.17, 15) is 4.79 Å². The molecule has 0 atom stereocenters. The molecule has 0 aliphatic carbocycles. The highest BCUT2D eigenvalue weighted by atomic mass is 16.1. The Hall–Kier alpha value is -2.42. The Bertz CT molecular complexity index is 571. The lowest BCUT2D eigenvalue weighted by Crippen LogP contribution is -2.17. The molecule has 0 heterocycles. The van der Waals surface area contributed by atoms with Crippen LogP contribution in [-0.4, -0.2) is 11.5 Å². The van der Waals surface area contributed by atoms with Gasteiger partial charge in [-0.25, -0.2) is 0 Å². The van der Waals surface area contributed by atoms with Gasteiger partial charge in [0.2, 0.25) is 5.78 Å². The zero-order chi connectivity index (χ0) is 13.0. The number of aryl methyl sites for hydroxylation is 1. The molecule has 0 saturated carbocycles. The molecule has 2 aromatic rings. The zero-order valence-electron chi connectivity index (χ0n) is 10.1. The van der Waals surface area contributed by atoms with Crippen LogP contribution in [0.5, 0.6) is 0 Å². The van der Waals surface area contributed by atoms with Crippen LogP contribution in [0.15, 0.2) is 59.7 Å². The summed E-state index contributed by atoms with van der Waals surface area (Å²) in [5, 5.41) is 3.63. The molecule has 0 bridgehead atoms. The zero-order valence-corrected chi connectivity index (χ0v) is 10.1. The normalized spacial score (nSPS) is 11.3. The van der Waals surface area contributed by atoms with E-state index in [4.69, 9.17) is 5.84 Å². The fraction of sp³-hybridized carbons (Fsp3) is 0.0667. The van der Waals surface area contributed by atoms with Gasteiger partial charge in [-0.05, 0) is 6.92 Å². The van der Waals surface area contributed by atoms with Gasteiger partial charge in [-0.3, -0.25) is 4.79 Å². The van der Waals surface area contributed by atoms with Crippen LogP contribution in [0, 0.1) is 6.92 Å². The van der Waals surface area contributed by atoms with Gasteiger partial charge in [0.25, 0.3) is 0 Å². The minimum absolute atomic E-state index is 0.165. The van der Waals surface area contributed by atoms with Gasteiger partial charge in [0, 0.05) is 11.1 Å². The molecule has 2 N–H and O–H groups in total. The van der Waals surface area contributed by atoms with Gasteiger partial charge in [-0.15, -0.1) is 0 Å². The first kappa shape index (κ1) is 12.0. The van der Waals surface area contributed by atoms with Gasteiger partial charge >= 0.3 is 0 Å². The van der Waals surface area contributed by atoms with Crippen LogP contribution in [0.3, 0.4) is 0 Å². The lowest BCUT2D eigenvalue weighted by molar-refractivity contribution is 0.106. The minimum atomic E-state index is -0.165. The van der Waals surface area contributed by atoms with Crippen LogP contribution in [0.2, 0.25) is 0 Å². The minimum Gasteiger partial charge on any atom is -0.323 e. The molecule has 2 rings (SSSR count). The first-order chi connectivity index (χ1) is 8.72. The molecule has 0 amide bonds. The van der Waals surface area contributed by atoms with E-state index in [1.165, 1.54) is 0 Å². The highest BCUT2D eigenvalue weighted by Gasteiger charge is 2.15. The third kappa shape index (κ3) is 2.46. The Morgan fingerprint density at radius 3 is 2.11 bits per heavy atom. The Labute approximate surface area is 106 Å². The van der Waals surface area contributed by atoms with Gasteiger partial charge in [-0.1, -0.05) is 60.2 Å². The second-order valence-corrected chi connectivity index (χ2v) is 4.04. The first-order valence-corrected chi connectivity index (χ1v) is 5.67. The number of carbonyl (C=O) groups excluding carboxylic acids is 1. The van der Waals surface area contributed by atoms with Crippen molar-refractivity contribution >= 4 is 11.5 Å². The lowest BCUT2D eigenvalue weighted by atomic mass is 10.00. The van der Waals surface area contributed by atoms with Crippen LogP contribution in [-0.2, 0) is 0 Å². The molecule has 0 aliphatic rings. The predicted octanol–water partition coefficient (Wildman–Crippen LogP) is 2.54. The van der Waals surface area contributed by atoms with E-state index in [1.54, 1.807) is 12.1 Å². The summed E-state index contributed by atoms with van der Waals surface area (Å²) in [6, 6.07) is 16.6. The molecule has 0 radical (unpaired) electrons. The maximum atomic E-state index is 12.3. The molecule has 90 valence electrons. The number of rotatable bonds is 3. The summed E-state index contributed by atoms with van der Waals surface area (Å²) in [6.07, 6.45) is 0. The summed E-state index contributed by atoms with van der Waals surface area (Å²) in [6.45, 7) is 1.99. The van der Waals surface area contributed by atoms with Crippen molar-refractivity contribution in [3.8, 4) is 0 Å². The summed E-state index contributed by atoms with van der Waals surface area (Å²) in [5.74, 6) is 5.18. The summed E-state index contributed by atoms with van der Waals surface area (Å²) >= 11 is 0. The number of hydrogen-bond donors (Lipinski definition) is 1. The van der Waals surface area contributed by atoms with E-state index >= 15 is 0 Å². The molecule has 0 fully saturated rings. The average Bonchev–Trinajstić information content (AvgIpc) is 2.42. The van der Waals surface area contributed by atoms with Gasteiger partial charge < -0.3 is 5.84 Å². The van der Waals surface area contributed by atoms with Crippen LogP contribution in [0.25, 0.3) is 0 Å². The standard InChI is InChI=1S/C15H14N2O/c1-11-7-9-12(10-8-11)14(17-16)15(18)13-5-3-2-4-6-13/h2-10H,16H2,1H3. The molecule has 0 aliphatic heterocycles. The molecule has 18 heavy (non-hydrogen) atoms. The highest BCUT2D eigenvalue weighted by molar-refractivity contribution is 6.51. The van der Waals surface area contributed by atoms with Crippen molar-refractivity contribution < 1.29 is 4.79 Å². The Balaban J connectivity index is 2.36. The number of hydrazone groups is 1. The smallest absolute Gasteiger partial charge is 0.213 e. The van der Waals surface area contributed by atoms with Gasteiger partial charge in [0.15, 0.2) is 0 Å². The van der Waals surface area contributed by atoms with Crippen molar-refractivity contribution in [1.82, 2.24) is 0 Å². The maximum Gasteiger partial charge on any atom is 0.213 e. The Morgan fingerprint density at radius 1 is 0.944 bits per heavy atom. The van der Waals surface area contributed by atoms with Gasteiger partial charge in [-0.2, -0.15) is 5.10 Å². The van der Waals surface area contributed by atoms with Crippen molar-refractivity contribution in [3.05, 3.63) is 71.3 Å². The lowest BCUT2D eigenvalue weighted by Gasteiger charge is -2.05. The number of carbonyl (C=O) groups is 1. The molecule has 0 unspecified atom stereocenters. The molecule has 0 spiro atoms. The van der Waals surface area contributed by atoms with Crippen molar-refractivity contribution in [2.24, 2.45) is 10.9 Å². The Kier molecular flexibility index (Phi) is 3.53. The van der Waals surface area contributed by atoms with Crippen LogP contribution < -0.4 is 5.84 Å². The first-order valence-electron chi connectivity index (χ1n) is 5.67. The molecular weight excluding hydrogens is 224 g/mol. The molecule has 0 aromatic heterocycles. The molecule has 3 nitrogen and oxygen atoms in total. The summed E-state index contributed by atoms with van der Waals surface area (Å²) < 4.78 is 0. The fourth-order valence-corrected chi connectivity index (χ4v) is 1.70. The SMILES string of the molecule is Cc1ccc(C(=NN)C(=O)c2ccccc2)cc1. The van der Waals surface area contributed by atoms with E-state index in [0.29, 0.717) is 5.56 Å². The average molecular weight is 238 g/mol. The van der Waals surface area contributed by atoms with Gasteiger partial charge in [0.05, 0.1) is 0 Å². The summed E-state index contributed by atoms with van der Waals surface area (Å²) in [4.78, 5) is 12.3.